The molecule has 2 heterocycles. The van der Waals surface area contributed by atoms with Gasteiger partial charge in [0.25, 0.3) is 5.91 Å². The predicted octanol–water partition coefficient (Wildman–Crippen LogP) is 1.86. The fraction of sp³-hybridized carbons (Fsp3) is 0.100. The number of carbonyl (C=O) groups excluding carboxylic acids is 1. The van der Waals surface area contributed by atoms with Crippen molar-refractivity contribution in [1.29, 1.82) is 0 Å². The number of anilines is 2. The van der Waals surface area contributed by atoms with Crippen molar-refractivity contribution in [2.45, 2.75) is 0 Å². The molecule has 0 radical (unpaired) electrons. The topological polar surface area (TPSA) is 82.7 Å². The van der Waals surface area contributed by atoms with Crippen molar-refractivity contribution in [1.82, 2.24) is 15.0 Å². The van der Waals surface area contributed by atoms with Crippen LogP contribution in [0.25, 0.3) is 0 Å². The normalized spacial score (nSPS) is 10.0. The molecule has 88 valence electrons. The van der Waals surface area contributed by atoms with Crippen LogP contribution in [0.3, 0.4) is 0 Å². The van der Waals surface area contributed by atoms with Crippen LogP contribution in [0.15, 0.2) is 29.1 Å². The van der Waals surface area contributed by atoms with E-state index in [1.54, 1.807) is 31.7 Å². The van der Waals surface area contributed by atoms with Gasteiger partial charge in [0.05, 0.1) is 5.56 Å². The number of hydrogen-bond donors (Lipinski definition) is 3. The average molecular weight is 296 g/mol. The number of nitrogens with one attached hydrogen (secondary N) is 3. The molecule has 1 amide bonds. The number of halogens is 1. The minimum absolute atomic E-state index is 0.280. The molecule has 0 unspecified atom stereocenters. The summed E-state index contributed by atoms with van der Waals surface area (Å²) in [5, 5.41) is 5.49. The van der Waals surface area contributed by atoms with Crippen molar-refractivity contribution >= 4 is 33.6 Å². The van der Waals surface area contributed by atoms with Gasteiger partial charge in [-0.15, -0.1) is 0 Å². The SMILES string of the molecule is CNc1ncc(Br)cc1C(=O)Nc1ncc[nH]1. The third kappa shape index (κ3) is 2.62. The Morgan fingerprint density at radius 3 is 2.94 bits per heavy atom. The molecule has 0 fully saturated rings. The molecule has 0 aliphatic carbocycles. The Morgan fingerprint density at radius 1 is 1.47 bits per heavy atom. The number of aromatic amines is 1. The lowest BCUT2D eigenvalue weighted by Crippen LogP contribution is -2.15. The quantitative estimate of drug-likeness (QED) is 0.807. The summed E-state index contributed by atoms with van der Waals surface area (Å²) in [6.45, 7) is 0. The Kier molecular flexibility index (Phi) is 3.38. The van der Waals surface area contributed by atoms with Crippen molar-refractivity contribution in [3.63, 3.8) is 0 Å². The van der Waals surface area contributed by atoms with Crippen molar-refractivity contribution in [2.75, 3.05) is 17.7 Å². The molecule has 6 nitrogen and oxygen atoms in total. The molecule has 2 aromatic rings. The molecule has 0 bridgehead atoms. The van der Waals surface area contributed by atoms with E-state index in [-0.39, 0.29) is 5.91 Å². The van der Waals surface area contributed by atoms with Crippen LogP contribution in [0.2, 0.25) is 0 Å². The van der Waals surface area contributed by atoms with E-state index in [2.05, 4.69) is 41.5 Å². The van der Waals surface area contributed by atoms with Gasteiger partial charge < -0.3 is 10.3 Å². The van der Waals surface area contributed by atoms with Gasteiger partial charge in [0.15, 0.2) is 0 Å². The number of hydrogen-bond acceptors (Lipinski definition) is 4. The molecule has 7 heteroatoms. The highest BCUT2D eigenvalue weighted by molar-refractivity contribution is 9.10. The minimum atomic E-state index is -0.280. The standard InChI is InChI=1S/C10H10BrN5O/c1-12-8-7(4-6(11)5-15-8)9(17)16-10-13-2-3-14-10/h2-5H,1H3,(H,12,15)(H2,13,14,16,17). The van der Waals surface area contributed by atoms with E-state index >= 15 is 0 Å². The number of imidazole rings is 1. The number of amides is 1. The minimum Gasteiger partial charge on any atom is -0.372 e. The highest BCUT2D eigenvalue weighted by Gasteiger charge is 2.13. The molecule has 0 aromatic carbocycles. The molecule has 2 aromatic heterocycles. The Hall–Kier alpha value is -1.89. The Morgan fingerprint density at radius 2 is 2.29 bits per heavy atom. The lowest BCUT2D eigenvalue weighted by Gasteiger charge is -2.07. The first-order valence-electron chi connectivity index (χ1n) is 4.84. The van der Waals surface area contributed by atoms with Crippen molar-refractivity contribution in [3.8, 4) is 0 Å². The summed E-state index contributed by atoms with van der Waals surface area (Å²) >= 11 is 3.28. The van der Waals surface area contributed by atoms with Crippen LogP contribution in [-0.2, 0) is 0 Å². The molecular formula is C10H10BrN5O. The van der Waals surface area contributed by atoms with Crippen molar-refractivity contribution in [2.24, 2.45) is 0 Å². The van der Waals surface area contributed by atoms with Crippen LogP contribution in [0.1, 0.15) is 10.4 Å². The number of nitrogens with zero attached hydrogens (tertiary/aromatic N) is 2. The first-order chi connectivity index (χ1) is 8.20. The monoisotopic (exact) mass is 295 g/mol. The second-order valence-corrected chi connectivity index (χ2v) is 4.11. The van der Waals surface area contributed by atoms with E-state index in [9.17, 15) is 4.79 Å². The number of pyridine rings is 1. The van der Waals surface area contributed by atoms with Gasteiger partial charge in [-0.3, -0.25) is 10.1 Å². The number of aromatic nitrogens is 3. The zero-order chi connectivity index (χ0) is 12.3. The molecule has 3 N–H and O–H groups in total. The fourth-order valence-electron chi connectivity index (χ4n) is 1.32. The maximum Gasteiger partial charge on any atom is 0.261 e. The van der Waals surface area contributed by atoms with Crippen LogP contribution in [-0.4, -0.2) is 27.9 Å². The van der Waals surface area contributed by atoms with Crippen LogP contribution < -0.4 is 10.6 Å². The summed E-state index contributed by atoms with van der Waals surface area (Å²) in [7, 11) is 1.71. The fourth-order valence-corrected chi connectivity index (χ4v) is 1.65. The second kappa shape index (κ2) is 4.96. The Bertz CT molecular complexity index is 525. The summed E-state index contributed by atoms with van der Waals surface area (Å²) in [5.41, 5.74) is 0.443. The number of rotatable bonds is 3. The summed E-state index contributed by atoms with van der Waals surface area (Å²) in [4.78, 5) is 22.8. The Balaban J connectivity index is 2.26. The number of carbonyl (C=O) groups is 1. The molecule has 0 saturated carbocycles. The highest BCUT2D eigenvalue weighted by atomic mass is 79.9. The summed E-state index contributed by atoms with van der Waals surface area (Å²) in [5.74, 6) is 0.632. The van der Waals surface area contributed by atoms with Crippen molar-refractivity contribution < 1.29 is 4.79 Å². The van der Waals surface area contributed by atoms with Crippen LogP contribution in [0.5, 0.6) is 0 Å². The van der Waals surface area contributed by atoms with E-state index in [4.69, 9.17) is 0 Å². The largest absolute Gasteiger partial charge is 0.372 e. The molecule has 0 atom stereocenters. The van der Waals surface area contributed by atoms with Gasteiger partial charge in [0, 0.05) is 30.1 Å². The lowest BCUT2D eigenvalue weighted by atomic mass is 10.2. The van der Waals surface area contributed by atoms with Gasteiger partial charge in [0.2, 0.25) is 5.95 Å². The second-order valence-electron chi connectivity index (χ2n) is 3.19. The molecule has 0 aliphatic rings. The highest BCUT2D eigenvalue weighted by Crippen LogP contribution is 2.18. The zero-order valence-corrected chi connectivity index (χ0v) is 10.6. The van der Waals surface area contributed by atoms with Gasteiger partial charge in [-0.2, -0.15) is 0 Å². The molecular weight excluding hydrogens is 286 g/mol. The van der Waals surface area contributed by atoms with Gasteiger partial charge in [-0.25, -0.2) is 9.97 Å². The van der Waals surface area contributed by atoms with Gasteiger partial charge in [-0.05, 0) is 22.0 Å². The van der Waals surface area contributed by atoms with E-state index in [0.29, 0.717) is 17.3 Å². The van der Waals surface area contributed by atoms with Gasteiger partial charge >= 0.3 is 0 Å². The first kappa shape index (κ1) is 11.6. The number of H-pyrrole nitrogens is 1. The van der Waals surface area contributed by atoms with Crippen molar-refractivity contribution in [3.05, 3.63) is 34.7 Å². The maximum atomic E-state index is 12.0. The smallest absolute Gasteiger partial charge is 0.261 e. The van der Waals surface area contributed by atoms with Crippen LogP contribution in [0, 0.1) is 0 Å². The molecule has 17 heavy (non-hydrogen) atoms. The van der Waals surface area contributed by atoms with Gasteiger partial charge in [-0.1, -0.05) is 0 Å². The predicted molar refractivity (Wildman–Crippen MR) is 68.0 cm³/mol. The molecule has 0 spiro atoms. The molecule has 0 aliphatic heterocycles. The summed E-state index contributed by atoms with van der Waals surface area (Å²) in [6.07, 6.45) is 4.82. The summed E-state index contributed by atoms with van der Waals surface area (Å²) in [6, 6.07) is 1.69. The third-order valence-corrected chi connectivity index (χ3v) is 2.50. The average Bonchev–Trinajstić information content (AvgIpc) is 2.81. The van der Waals surface area contributed by atoms with Crippen LogP contribution >= 0.6 is 15.9 Å². The molecule has 2 rings (SSSR count). The molecule has 0 saturated heterocycles. The van der Waals surface area contributed by atoms with E-state index in [1.165, 1.54) is 0 Å². The first-order valence-corrected chi connectivity index (χ1v) is 5.64. The summed E-state index contributed by atoms with van der Waals surface area (Å²) < 4.78 is 0.737. The van der Waals surface area contributed by atoms with E-state index < -0.39 is 0 Å². The van der Waals surface area contributed by atoms with Crippen LogP contribution in [0.4, 0.5) is 11.8 Å². The Labute approximate surface area is 106 Å². The maximum absolute atomic E-state index is 12.0. The lowest BCUT2D eigenvalue weighted by molar-refractivity contribution is 0.102. The van der Waals surface area contributed by atoms with E-state index in [0.717, 1.165) is 4.47 Å². The third-order valence-electron chi connectivity index (χ3n) is 2.07. The van der Waals surface area contributed by atoms with E-state index in [1.807, 2.05) is 0 Å². The zero-order valence-electron chi connectivity index (χ0n) is 8.99. The van der Waals surface area contributed by atoms with Gasteiger partial charge in [0.1, 0.15) is 5.82 Å².